The summed E-state index contributed by atoms with van der Waals surface area (Å²) in [6.45, 7) is 2.06. The predicted octanol–water partition coefficient (Wildman–Crippen LogP) is 2.35. The Hall–Kier alpha value is -3.44. The molecule has 12 heteroatoms. The van der Waals surface area contributed by atoms with E-state index < -0.39 is 29.5 Å². The Morgan fingerprint density at radius 2 is 2.13 bits per heavy atom. The van der Waals surface area contributed by atoms with Crippen LogP contribution in [-0.2, 0) is 11.0 Å². The lowest BCUT2D eigenvalue weighted by Crippen LogP contribution is -2.49. The molecule has 2 saturated heterocycles. The minimum absolute atomic E-state index is 0.204. The van der Waals surface area contributed by atoms with E-state index in [0.29, 0.717) is 13.0 Å². The Morgan fingerprint density at radius 3 is 2.77 bits per heavy atom. The SMILES string of the molecule is CC1(CC2CCCN2C(=O)c2cccc(-c3noc(C(F)(F)F)n3)c2)NC(=O)NC1=O. The zero-order valence-corrected chi connectivity index (χ0v) is 16.3. The van der Waals surface area contributed by atoms with Crippen molar-refractivity contribution in [2.75, 3.05) is 6.54 Å². The first-order valence-corrected chi connectivity index (χ1v) is 9.53. The lowest BCUT2D eigenvalue weighted by atomic mass is 9.92. The maximum Gasteiger partial charge on any atom is 0.471 e. The zero-order chi connectivity index (χ0) is 22.4. The van der Waals surface area contributed by atoms with Crippen molar-refractivity contribution in [2.45, 2.75) is 43.9 Å². The van der Waals surface area contributed by atoms with E-state index in [2.05, 4.69) is 25.3 Å². The van der Waals surface area contributed by atoms with Gasteiger partial charge in [0.25, 0.3) is 11.8 Å². The zero-order valence-electron chi connectivity index (χ0n) is 16.3. The molecule has 2 aromatic rings. The van der Waals surface area contributed by atoms with E-state index in [-0.39, 0.29) is 35.3 Å². The molecule has 0 saturated carbocycles. The molecule has 2 unspecified atom stereocenters. The van der Waals surface area contributed by atoms with Crippen LogP contribution in [0.1, 0.15) is 42.4 Å². The van der Waals surface area contributed by atoms with E-state index in [4.69, 9.17) is 0 Å². The molecule has 2 aliphatic rings. The van der Waals surface area contributed by atoms with Crippen LogP contribution in [0.4, 0.5) is 18.0 Å². The van der Waals surface area contributed by atoms with Gasteiger partial charge < -0.3 is 14.7 Å². The highest BCUT2D eigenvalue weighted by molar-refractivity contribution is 6.06. The summed E-state index contributed by atoms with van der Waals surface area (Å²) in [4.78, 5) is 41.7. The van der Waals surface area contributed by atoms with Gasteiger partial charge in [0, 0.05) is 23.7 Å². The Kier molecular flexibility index (Phi) is 4.94. The lowest BCUT2D eigenvalue weighted by molar-refractivity contribution is -0.159. The molecule has 31 heavy (non-hydrogen) atoms. The van der Waals surface area contributed by atoms with Gasteiger partial charge in [0.05, 0.1) is 0 Å². The first kappa shape index (κ1) is 20.8. The van der Waals surface area contributed by atoms with Crippen molar-refractivity contribution in [3.63, 3.8) is 0 Å². The van der Waals surface area contributed by atoms with Crippen LogP contribution in [0, 0.1) is 0 Å². The number of carbonyl (C=O) groups excluding carboxylic acids is 3. The maximum absolute atomic E-state index is 13.1. The van der Waals surface area contributed by atoms with Gasteiger partial charge in [0.1, 0.15) is 5.54 Å². The van der Waals surface area contributed by atoms with Gasteiger partial charge in [0.2, 0.25) is 5.82 Å². The number of halogens is 3. The third-order valence-corrected chi connectivity index (χ3v) is 5.44. The predicted molar refractivity (Wildman–Crippen MR) is 98.5 cm³/mol. The first-order chi connectivity index (χ1) is 14.6. The number of urea groups is 1. The van der Waals surface area contributed by atoms with E-state index in [0.717, 1.165) is 6.42 Å². The van der Waals surface area contributed by atoms with Crippen molar-refractivity contribution in [3.8, 4) is 11.4 Å². The third-order valence-electron chi connectivity index (χ3n) is 5.44. The topological polar surface area (TPSA) is 117 Å². The van der Waals surface area contributed by atoms with Crippen molar-refractivity contribution in [1.29, 1.82) is 0 Å². The number of likely N-dealkylation sites (tertiary alicyclic amines) is 1. The first-order valence-electron chi connectivity index (χ1n) is 9.53. The van der Waals surface area contributed by atoms with E-state index >= 15 is 0 Å². The van der Waals surface area contributed by atoms with Gasteiger partial charge in [-0.1, -0.05) is 17.3 Å². The number of imide groups is 1. The second-order valence-electron chi connectivity index (χ2n) is 7.74. The van der Waals surface area contributed by atoms with Crippen LogP contribution >= 0.6 is 0 Å². The number of aromatic nitrogens is 2. The number of alkyl halides is 3. The summed E-state index contributed by atoms with van der Waals surface area (Å²) in [5, 5.41) is 8.14. The van der Waals surface area contributed by atoms with Gasteiger partial charge in [-0.2, -0.15) is 18.2 Å². The number of amides is 4. The summed E-state index contributed by atoms with van der Waals surface area (Å²) in [6.07, 6.45) is -3.14. The number of carbonyl (C=O) groups is 3. The normalized spacial score (nSPS) is 23.7. The smallest absolute Gasteiger partial charge is 0.336 e. The molecule has 0 bridgehead atoms. The van der Waals surface area contributed by atoms with Crippen LogP contribution in [0.2, 0.25) is 0 Å². The number of hydrogen-bond acceptors (Lipinski definition) is 6. The van der Waals surface area contributed by atoms with Crippen molar-refractivity contribution in [3.05, 3.63) is 35.7 Å². The Labute approximate surface area is 174 Å². The summed E-state index contributed by atoms with van der Waals surface area (Å²) < 4.78 is 42.4. The molecule has 9 nitrogen and oxygen atoms in total. The monoisotopic (exact) mass is 437 g/mol. The van der Waals surface area contributed by atoms with Crippen molar-refractivity contribution in [1.82, 2.24) is 25.7 Å². The summed E-state index contributed by atoms with van der Waals surface area (Å²) >= 11 is 0. The molecular weight excluding hydrogens is 419 g/mol. The molecule has 2 N–H and O–H groups in total. The largest absolute Gasteiger partial charge is 0.471 e. The molecule has 2 atom stereocenters. The minimum Gasteiger partial charge on any atom is -0.336 e. The number of nitrogens with one attached hydrogen (secondary N) is 2. The third kappa shape index (κ3) is 3.97. The lowest BCUT2D eigenvalue weighted by Gasteiger charge is -2.30. The number of hydrogen-bond donors (Lipinski definition) is 2. The van der Waals surface area contributed by atoms with Crippen LogP contribution in [0.5, 0.6) is 0 Å². The molecule has 4 amide bonds. The summed E-state index contributed by atoms with van der Waals surface area (Å²) in [5.41, 5.74) is -0.673. The van der Waals surface area contributed by atoms with Crippen molar-refractivity contribution >= 4 is 17.8 Å². The molecule has 3 heterocycles. The Balaban J connectivity index is 1.54. The quantitative estimate of drug-likeness (QED) is 0.709. The highest BCUT2D eigenvalue weighted by Gasteiger charge is 2.46. The molecule has 4 rings (SSSR count). The van der Waals surface area contributed by atoms with Gasteiger partial charge >= 0.3 is 18.1 Å². The van der Waals surface area contributed by atoms with Crippen LogP contribution in [0.25, 0.3) is 11.4 Å². The van der Waals surface area contributed by atoms with Crippen LogP contribution in [0.15, 0.2) is 28.8 Å². The minimum atomic E-state index is -4.76. The van der Waals surface area contributed by atoms with E-state index in [9.17, 15) is 27.6 Å². The molecule has 2 fully saturated rings. The maximum atomic E-state index is 13.1. The van der Waals surface area contributed by atoms with Crippen LogP contribution in [-0.4, -0.2) is 51.0 Å². The second-order valence-corrected chi connectivity index (χ2v) is 7.74. The highest BCUT2D eigenvalue weighted by atomic mass is 19.4. The molecule has 0 aliphatic carbocycles. The Bertz CT molecular complexity index is 1050. The van der Waals surface area contributed by atoms with Gasteiger partial charge in [-0.3, -0.25) is 14.9 Å². The van der Waals surface area contributed by atoms with Crippen LogP contribution < -0.4 is 10.6 Å². The highest BCUT2D eigenvalue weighted by Crippen LogP contribution is 2.31. The summed E-state index contributed by atoms with van der Waals surface area (Å²) in [7, 11) is 0. The summed E-state index contributed by atoms with van der Waals surface area (Å²) in [6, 6.07) is 5.07. The van der Waals surface area contributed by atoms with E-state index in [1.165, 1.54) is 24.3 Å². The van der Waals surface area contributed by atoms with Crippen LogP contribution in [0.3, 0.4) is 0 Å². The molecule has 2 aliphatic heterocycles. The number of benzene rings is 1. The average Bonchev–Trinajstić information content (AvgIpc) is 3.41. The molecule has 1 aromatic heterocycles. The molecule has 0 spiro atoms. The molecule has 1 aromatic carbocycles. The van der Waals surface area contributed by atoms with Gasteiger partial charge in [-0.25, -0.2) is 4.79 Å². The van der Waals surface area contributed by atoms with Crippen molar-refractivity contribution in [2.24, 2.45) is 0 Å². The van der Waals surface area contributed by atoms with Gasteiger partial charge in [0.15, 0.2) is 0 Å². The standard InChI is InChI=1S/C19H18F3N5O4/c1-18(15(29)24-17(30)25-18)9-12-6-3-7-27(12)14(28)11-5-2-4-10(8-11)13-23-16(31-26-13)19(20,21)22/h2,4-5,8,12H,3,6-7,9H2,1H3,(H2,24,25,29,30). The number of nitrogens with zero attached hydrogens (tertiary/aromatic N) is 3. The fraction of sp³-hybridized carbons (Fsp3) is 0.421. The second kappa shape index (κ2) is 7.36. The van der Waals surface area contributed by atoms with Gasteiger partial charge in [-0.15, -0.1) is 0 Å². The van der Waals surface area contributed by atoms with Crippen molar-refractivity contribution < 1.29 is 32.1 Å². The molecular formula is C19H18F3N5O4. The Morgan fingerprint density at radius 1 is 1.35 bits per heavy atom. The summed E-state index contributed by atoms with van der Waals surface area (Å²) in [5.74, 6) is -2.53. The fourth-order valence-corrected chi connectivity index (χ4v) is 3.92. The molecule has 0 radical (unpaired) electrons. The van der Waals surface area contributed by atoms with E-state index in [1.54, 1.807) is 11.8 Å². The van der Waals surface area contributed by atoms with Gasteiger partial charge in [-0.05, 0) is 38.3 Å². The average molecular weight is 437 g/mol. The van der Waals surface area contributed by atoms with E-state index in [1.807, 2.05) is 0 Å². The number of rotatable bonds is 4. The fourth-order valence-electron chi connectivity index (χ4n) is 3.92. The molecule has 164 valence electrons.